The summed E-state index contributed by atoms with van der Waals surface area (Å²) in [7, 11) is 0. The number of nitrogens with zero attached hydrogens (tertiary/aromatic N) is 2. The van der Waals surface area contributed by atoms with Crippen LogP contribution in [0, 0.1) is 11.3 Å². The van der Waals surface area contributed by atoms with Crippen LogP contribution in [-0.4, -0.2) is 22.4 Å². The van der Waals surface area contributed by atoms with Gasteiger partial charge in [0.15, 0.2) is 0 Å². The summed E-state index contributed by atoms with van der Waals surface area (Å²) in [6.45, 7) is 0.0692. The molecule has 3 amide bonds. The molecule has 5 nitrogen and oxygen atoms in total. The third-order valence-electron chi connectivity index (χ3n) is 5.41. The molecule has 0 aliphatic carbocycles. The van der Waals surface area contributed by atoms with Crippen molar-refractivity contribution >= 4 is 11.9 Å². The maximum absolute atomic E-state index is 13.6. The van der Waals surface area contributed by atoms with Crippen LogP contribution >= 0.6 is 0 Å². The zero-order valence-electron chi connectivity index (χ0n) is 16.4. The van der Waals surface area contributed by atoms with E-state index in [0.29, 0.717) is 24.0 Å². The van der Waals surface area contributed by atoms with Gasteiger partial charge >= 0.3 is 6.03 Å². The summed E-state index contributed by atoms with van der Waals surface area (Å²) in [5, 5.41) is 12.3. The smallest absolute Gasteiger partial charge is 0.322 e. The van der Waals surface area contributed by atoms with Crippen molar-refractivity contribution < 1.29 is 9.59 Å². The van der Waals surface area contributed by atoms with E-state index < -0.39 is 11.6 Å². The molecule has 0 spiro atoms. The van der Waals surface area contributed by atoms with Crippen molar-refractivity contribution in [3.05, 3.63) is 107 Å². The van der Waals surface area contributed by atoms with Crippen LogP contribution in [0.1, 0.15) is 22.3 Å². The normalized spacial score (nSPS) is 15.0. The highest BCUT2D eigenvalue weighted by atomic mass is 16.2. The molecule has 1 heterocycles. The fraction of sp³-hybridized carbons (Fsp3) is 0.160. The van der Waals surface area contributed by atoms with Crippen LogP contribution in [0.4, 0.5) is 4.79 Å². The number of carbonyl (C=O) groups excluding carboxylic acids is 2. The van der Waals surface area contributed by atoms with Crippen LogP contribution in [-0.2, 0) is 24.2 Å². The van der Waals surface area contributed by atoms with Gasteiger partial charge in [-0.2, -0.15) is 5.26 Å². The third kappa shape index (κ3) is 3.81. The number of benzene rings is 3. The molecule has 0 radical (unpaired) electrons. The van der Waals surface area contributed by atoms with Crippen molar-refractivity contribution in [2.45, 2.75) is 24.9 Å². The minimum atomic E-state index is -1.07. The Morgan fingerprint density at radius 3 is 1.90 bits per heavy atom. The Kier molecular flexibility index (Phi) is 5.32. The van der Waals surface area contributed by atoms with Gasteiger partial charge in [-0.05, 0) is 22.8 Å². The molecule has 3 aromatic rings. The van der Waals surface area contributed by atoms with Crippen LogP contribution in [0.25, 0.3) is 0 Å². The number of nitriles is 1. The van der Waals surface area contributed by atoms with E-state index in [1.165, 1.54) is 4.90 Å². The number of nitrogens with one attached hydrogen (secondary N) is 1. The molecule has 5 heteroatoms. The van der Waals surface area contributed by atoms with Crippen molar-refractivity contribution in [2.24, 2.45) is 0 Å². The maximum Gasteiger partial charge on any atom is 0.325 e. The second kappa shape index (κ2) is 8.22. The summed E-state index contributed by atoms with van der Waals surface area (Å²) in [4.78, 5) is 27.7. The largest absolute Gasteiger partial charge is 0.325 e. The Morgan fingerprint density at radius 1 is 0.800 bits per heavy atom. The summed E-state index contributed by atoms with van der Waals surface area (Å²) in [6, 6.07) is 28.1. The van der Waals surface area contributed by atoms with Gasteiger partial charge in [-0.15, -0.1) is 0 Å². The van der Waals surface area contributed by atoms with Crippen molar-refractivity contribution in [3.8, 4) is 6.07 Å². The van der Waals surface area contributed by atoms with Crippen LogP contribution in [0.2, 0.25) is 0 Å². The van der Waals surface area contributed by atoms with Gasteiger partial charge in [0.2, 0.25) is 0 Å². The van der Waals surface area contributed by atoms with E-state index in [0.717, 1.165) is 11.1 Å². The quantitative estimate of drug-likeness (QED) is 0.645. The summed E-state index contributed by atoms with van der Waals surface area (Å²) in [6.07, 6.45) is 0.785. The zero-order chi connectivity index (χ0) is 21.0. The highest BCUT2D eigenvalue weighted by molar-refractivity contribution is 6.07. The van der Waals surface area contributed by atoms with Crippen molar-refractivity contribution in [2.75, 3.05) is 0 Å². The molecule has 0 atom stereocenters. The first-order chi connectivity index (χ1) is 14.6. The Bertz CT molecular complexity index is 1060. The number of hydrogen-bond acceptors (Lipinski definition) is 3. The van der Waals surface area contributed by atoms with Gasteiger partial charge < -0.3 is 5.32 Å². The third-order valence-corrected chi connectivity index (χ3v) is 5.41. The van der Waals surface area contributed by atoms with E-state index in [1.54, 1.807) is 24.3 Å². The summed E-state index contributed by atoms with van der Waals surface area (Å²) in [5.74, 6) is -0.270. The predicted molar refractivity (Wildman–Crippen MR) is 113 cm³/mol. The second-order valence-electron chi connectivity index (χ2n) is 7.50. The first-order valence-electron chi connectivity index (χ1n) is 9.81. The molecule has 148 valence electrons. The molecule has 1 aliphatic heterocycles. The first-order valence-corrected chi connectivity index (χ1v) is 9.81. The average Bonchev–Trinajstić information content (AvgIpc) is 2.99. The van der Waals surface area contributed by atoms with Crippen LogP contribution in [0.5, 0.6) is 0 Å². The molecular weight excluding hydrogens is 374 g/mol. The lowest BCUT2D eigenvalue weighted by Crippen LogP contribution is -2.51. The number of urea groups is 1. The van der Waals surface area contributed by atoms with Gasteiger partial charge in [0.05, 0.1) is 18.2 Å². The highest BCUT2D eigenvalue weighted by Gasteiger charge is 2.51. The van der Waals surface area contributed by atoms with Crippen LogP contribution in [0.3, 0.4) is 0 Å². The standard InChI is InChI=1S/C25H21N3O2/c26-17-21-13-7-8-14-22(21)18-28-23(29)25(27-24(28)30,15-19-9-3-1-4-10-19)16-20-11-5-2-6-12-20/h1-14H,15-16,18H2,(H,27,30). The molecule has 0 saturated carbocycles. The lowest BCUT2D eigenvalue weighted by molar-refractivity contribution is -0.131. The minimum absolute atomic E-state index is 0.0692. The number of hydrogen-bond donors (Lipinski definition) is 1. The molecule has 0 bridgehead atoms. The highest BCUT2D eigenvalue weighted by Crippen LogP contribution is 2.28. The monoisotopic (exact) mass is 395 g/mol. The molecular formula is C25H21N3O2. The van der Waals surface area contributed by atoms with E-state index in [4.69, 9.17) is 0 Å². The van der Waals surface area contributed by atoms with Crippen molar-refractivity contribution in [1.82, 2.24) is 10.2 Å². The summed E-state index contributed by atoms with van der Waals surface area (Å²) in [5.41, 5.74) is 1.99. The second-order valence-corrected chi connectivity index (χ2v) is 7.50. The molecule has 0 unspecified atom stereocenters. The van der Waals surface area contributed by atoms with Crippen LogP contribution in [0.15, 0.2) is 84.9 Å². The predicted octanol–water partition coefficient (Wildman–Crippen LogP) is 3.83. The van der Waals surface area contributed by atoms with Gasteiger partial charge in [0.25, 0.3) is 5.91 Å². The van der Waals surface area contributed by atoms with Gasteiger partial charge in [-0.25, -0.2) is 4.79 Å². The van der Waals surface area contributed by atoms with E-state index in [1.807, 2.05) is 60.7 Å². The average molecular weight is 395 g/mol. The lowest BCUT2D eigenvalue weighted by Gasteiger charge is -2.27. The van der Waals surface area contributed by atoms with Crippen molar-refractivity contribution in [3.63, 3.8) is 0 Å². The zero-order valence-corrected chi connectivity index (χ0v) is 16.4. The molecule has 1 fully saturated rings. The molecule has 3 aromatic carbocycles. The Morgan fingerprint density at radius 2 is 1.33 bits per heavy atom. The van der Waals surface area contributed by atoms with Gasteiger partial charge in [-0.1, -0.05) is 78.9 Å². The number of rotatable bonds is 6. The molecule has 30 heavy (non-hydrogen) atoms. The molecule has 1 aliphatic rings. The Balaban J connectivity index is 1.68. The first kappa shape index (κ1) is 19.4. The lowest BCUT2D eigenvalue weighted by atomic mass is 9.84. The minimum Gasteiger partial charge on any atom is -0.322 e. The molecule has 4 rings (SSSR count). The van der Waals surface area contributed by atoms with Crippen molar-refractivity contribution in [1.29, 1.82) is 5.26 Å². The SMILES string of the molecule is N#Cc1ccccc1CN1C(=O)NC(Cc2ccccc2)(Cc2ccccc2)C1=O. The number of amides is 3. The number of imide groups is 1. The fourth-order valence-corrected chi connectivity index (χ4v) is 3.95. The Labute approximate surface area is 175 Å². The molecule has 1 N–H and O–H groups in total. The summed E-state index contributed by atoms with van der Waals surface area (Å²) < 4.78 is 0. The maximum atomic E-state index is 13.6. The van der Waals surface area contributed by atoms with E-state index in [9.17, 15) is 14.9 Å². The fourth-order valence-electron chi connectivity index (χ4n) is 3.95. The van der Waals surface area contributed by atoms with Crippen LogP contribution < -0.4 is 5.32 Å². The summed E-state index contributed by atoms with van der Waals surface area (Å²) >= 11 is 0. The molecule has 1 saturated heterocycles. The molecule has 0 aromatic heterocycles. The van der Waals surface area contributed by atoms with Gasteiger partial charge in [0, 0.05) is 12.8 Å². The Hall–Kier alpha value is -3.91. The van der Waals surface area contributed by atoms with E-state index in [-0.39, 0.29) is 12.5 Å². The van der Waals surface area contributed by atoms with Gasteiger partial charge in [-0.3, -0.25) is 9.69 Å². The van der Waals surface area contributed by atoms with Gasteiger partial charge in [0.1, 0.15) is 5.54 Å². The topological polar surface area (TPSA) is 73.2 Å². The number of carbonyl (C=O) groups is 2. The van der Waals surface area contributed by atoms with E-state index in [2.05, 4.69) is 11.4 Å². The van der Waals surface area contributed by atoms with E-state index >= 15 is 0 Å².